The van der Waals surface area contributed by atoms with Gasteiger partial charge < -0.3 is 4.90 Å². The summed E-state index contributed by atoms with van der Waals surface area (Å²) in [5.74, 6) is -0.891. The van der Waals surface area contributed by atoms with Crippen LogP contribution in [0.4, 0.5) is 14.7 Å². The molecule has 0 spiro atoms. The molecule has 1 N–H and O–H groups in total. The van der Waals surface area contributed by atoms with Gasteiger partial charge in [-0.1, -0.05) is 6.07 Å². The molecule has 0 saturated carbocycles. The zero-order chi connectivity index (χ0) is 16.4. The summed E-state index contributed by atoms with van der Waals surface area (Å²) in [6.45, 7) is 5.51. The second-order valence-electron chi connectivity index (χ2n) is 5.54. The summed E-state index contributed by atoms with van der Waals surface area (Å²) in [6, 6.07) is 3.83. The van der Waals surface area contributed by atoms with Crippen molar-refractivity contribution in [2.75, 3.05) is 11.9 Å². The SMILES string of the molecule is Cc1c(Cc2c(F)cccc2F)nc(N(C)C(C)C)[nH]c1=O. The Kier molecular flexibility index (Phi) is 4.59. The van der Waals surface area contributed by atoms with Crippen LogP contribution in [0.25, 0.3) is 0 Å². The Balaban J connectivity index is 2.49. The first-order chi connectivity index (χ1) is 10.3. The molecule has 0 amide bonds. The molecule has 0 unspecified atom stereocenters. The first kappa shape index (κ1) is 16.1. The number of hydrogen-bond acceptors (Lipinski definition) is 3. The number of H-pyrrole nitrogens is 1. The monoisotopic (exact) mass is 307 g/mol. The van der Waals surface area contributed by atoms with Crippen molar-refractivity contribution in [2.45, 2.75) is 33.2 Å². The van der Waals surface area contributed by atoms with Gasteiger partial charge in [-0.05, 0) is 32.9 Å². The maximum Gasteiger partial charge on any atom is 0.255 e. The van der Waals surface area contributed by atoms with Crippen LogP contribution in [0.15, 0.2) is 23.0 Å². The first-order valence-electron chi connectivity index (χ1n) is 7.06. The van der Waals surface area contributed by atoms with Gasteiger partial charge in [-0.15, -0.1) is 0 Å². The third kappa shape index (κ3) is 3.16. The van der Waals surface area contributed by atoms with Gasteiger partial charge >= 0.3 is 0 Å². The van der Waals surface area contributed by atoms with Crippen molar-refractivity contribution in [3.05, 3.63) is 57.0 Å². The number of aromatic nitrogens is 2. The molecule has 0 bridgehead atoms. The average molecular weight is 307 g/mol. The zero-order valence-corrected chi connectivity index (χ0v) is 13.1. The lowest BCUT2D eigenvalue weighted by Crippen LogP contribution is -2.31. The standard InChI is InChI=1S/C16H19F2N3O/c1-9(2)21(4)16-19-14(10(3)15(22)20-16)8-11-12(17)6-5-7-13(11)18/h5-7,9H,8H2,1-4H3,(H,19,20,22). The van der Waals surface area contributed by atoms with Crippen molar-refractivity contribution in [3.8, 4) is 0 Å². The van der Waals surface area contributed by atoms with E-state index in [4.69, 9.17) is 0 Å². The normalized spacial score (nSPS) is 11.0. The largest absolute Gasteiger partial charge is 0.343 e. The summed E-state index contributed by atoms with van der Waals surface area (Å²) in [4.78, 5) is 20.9. The smallest absolute Gasteiger partial charge is 0.255 e. The molecule has 0 aliphatic heterocycles. The number of hydrogen-bond donors (Lipinski definition) is 1. The van der Waals surface area contributed by atoms with E-state index in [1.54, 1.807) is 18.9 Å². The van der Waals surface area contributed by atoms with Crippen LogP contribution in [0.2, 0.25) is 0 Å². The zero-order valence-electron chi connectivity index (χ0n) is 13.1. The molecule has 0 atom stereocenters. The fourth-order valence-corrected chi connectivity index (χ4v) is 2.02. The molecule has 1 heterocycles. The van der Waals surface area contributed by atoms with Crippen molar-refractivity contribution < 1.29 is 8.78 Å². The Morgan fingerprint density at radius 1 is 1.27 bits per heavy atom. The fraction of sp³-hybridized carbons (Fsp3) is 0.375. The Morgan fingerprint density at radius 3 is 2.41 bits per heavy atom. The minimum atomic E-state index is -0.639. The molecule has 6 heteroatoms. The van der Waals surface area contributed by atoms with E-state index in [0.717, 1.165) is 0 Å². The minimum Gasteiger partial charge on any atom is -0.343 e. The fourth-order valence-electron chi connectivity index (χ4n) is 2.02. The average Bonchev–Trinajstić information content (AvgIpc) is 2.46. The van der Waals surface area contributed by atoms with Gasteiger partial charge in [0.1, 0.15) is 11.6 Å². The molecule has 2 aromatic rings. The molecule has 0 radical (unpaired) electrons. The molecular weight excluding hydrogens is 288 g/mol. The molecular formula is C16H19F2N3O. The van der Waals surface area contributed by atoms with Gasteiger partial charge in [-0.3, -0.25) is 9.78 Å². The predicted molar refractivity (Wildman–Crippen MR) is 82.3 cm³/mol. The van der Waals surface area contributed by atoms with Gasteiger partial charge in [0.2, 0.25) is 5.95 Å². The minimum absolute atomic E-state index is 0.0623. The summed E-state index contributed by atoms with van der Waals surface area (Å²) in [7, 11) is 1.80. The van der Waals surface area contributed by atoms with E-state index < -0.39 is 11.6 Å². The van der Waals surface area contributed by atoms with Crippen LogP contribution < -0.4 is 10.5 Å². The van der Waals surface area contributed by atoms with Gasteiger partial charge in [0, 0.05) is 30.6 Å². The van der Waals surface area contributed by atoms with E-state index in [2.05, 4.69) is 9.97 Å². The third-order valence-electron chi connectivity index (χ3n) is 3.75. The molecule has 22 heavy (non-hydrogen) atoms. The number of nitrogens with one attached hydrogen (secondary N) is 1. The van der Waals surface area contributed by atoms with Crippen LogP contribution in [0.5, 0.6) is 0 Å². The Hall–Kier alpha value is -2.24. The van der Waals surface area contributed by atoms with Gasteiger partial charge in [0.05, 0.1) is 5.69 Å². The molecule has 1 aromatic heterocycles. The number of rotatable bonds is 4. The number of aromatic amines is 1. The quantitative estimate of drug-likeness (QED) is 0.945. The molecule has 0 aliphatic carbocycles. The number of benzene rings is 1. The highest BCUT2D eigenvalue weighted by atomic mass is 19.1. The first-order valence-corrected chi connectivity index (χ1v) is 7.06. The lowest BCUT2D eigenvalue weighted by atomic mass is 10.1. The number of anilines is 1. The van der Waals surface area contributed by atoms with Gasteiger partial charge in [0.25, 0.3) is 5.56 Å². The van der Waals surface area contributed by atoms with E-state index in [-0.39, 0.29) is 23.6 Å². The van der Waals surface area contributed by atoms with E-state index >= 15 is 0 Å². The van der Waals surface area contributed by atoms with Crippen molar-refractivity contribution in [2.24, 2.45) is 0 Å². The molecule has 1 aromatic carbocycles. The number of halogens is 2. The second kappa shape index (κ2) is 6.25. The molecule has 118 valence electrons. The summed E-state index contributed by atoms with van der Waals surface area (Å²) in [5.41, 5.74) is 0.352. The lowest BCUT2D eigenvalue weighted by molar-refractivity contribution is 0.560. The van der Waals surface area contributed by atoms with E-state index in [0.29, 0.717) is 17.2 Å². The topological polar surface area (TPSA) is 49.0 Å². The Morgan fingerprint density at radius 2 is 1.86 bits per heavy atom. The Labute approximate surface area is 127 Å². The molecule has 0 saturated heterocycles. The van der Waals surface area contributed by atoms with Crippen molar-refractivity contribution in [3.63, 3.8) is 0 Å². The summed E-state index contributed by atoms with van der Waals surface area (Å²) >= 11 is 0. The van der Waals surface area contributed by atoms with Gasteiger partial charge in [-0.25, -0.2) is 13.8 Å². The molecule has 4 nitrogen and oxygen atoms in total. The van der Waals surface area contributed by atoms with Crippen molar-refractivity contribution in [1.29, 1.82) is 0 Å². The van der Waals surface area contributed by atoms with E-state index in [1.165, 1.54) is 18.2 Å². The van der Waals surface area contributed by atoms with Crippen molar-refractivity contribution >= 4 is 5.95 Å². The highest BCUT2D eigenvalue weighted by Gasteiger charge is 2.16. The highest BCUT2D eigenvalue weighted by Crippen LogP contribution is 2.18. The molecule has 2 rings (SSSR count). The van der Waals surface area contributed by atoms with E-state index in [1.807, 2.05) is 13.8 Å². The Bertz CT molecular complexity index is 720. The maximum atomic E-state index is 13.8. The second-order valence-corrected chi connectivity index (χ2v) is 5.54. The van der Waals surface area contributed by atoms with Crippen molar-refractivity contribution in [1.82, 2.24) is 9.97 Å². The van der Waals surface area contributed by atoms with Crippen LogP contribution in [0, 0.1) is 18.6 Å². The van der Waals surface area contributed by atoms with Gasteiger partial charge in [0.15, 0.2) is 0 Å². The van der Waals surface area contributed by atoms with Crippen LogP contribution in [0.3, 0.4) is 0 Å². The van der Waals surface area contributed by atoms with Crippen LogP contribution in [-0.2, 0) is 6.42 Å². The van der Waals surface area contributed by atoms with Crippen LogP contribution in [-0.4, -0.2) is 23.1 Å². The van der Waals surface area contributed by atoms with E-state index in [9.17, 15) is 13.6 Å². The molecule has 0 aliphatic rings. The van der Waals surface area contributed by atoms with Crippen LogP contribution in [0.1, 0.15) is 30.7 Å². The summed E-state index contributed by atoms with van der Waals surface area (Å²) in [6.07, 6.45) is -0.0623. The highest BCUT2D eigenvalue weighted by molar-refractivity contribution is 5.35. The summed E-state index contributed by atoms with van der Waals surface area (Å²) < 4.78 is 27.6. The number of nitrogens with zero attached hydrogens (tertiary/aromatic N) is 2. The van der Waals surface area contributed by atoms with Gasteiger partial charge in [-0.2, -0.15) is 0 Å². The lowest BCUT2D eigenvalue weighted by Gasteiger charge is -2.22. The third-order valence-corrected chi connectivity index (χ3v) is 3.75. The van der Waals surface area contributed by atoms with Crippen LogP contribution >= 0.6 is 0 Å². The summed E-state index contributed by atoms with van der Waals surface area (Å²) in [5, 5.41) is 0. The maximum absolute atomic E-state index is 13.8. The predicted octanol–water partition coefficient (Wildman–Crippen LogP) is 2.79. The molecule has 0 fully saturated rings.